The van der Waals surface area contributed by atoms with Gasteiger partial charge in [0.05, 0.1) is 19.9 Å². The smallest absolute Gasteiger partial charge is 0.273 e. The highest BCUT2D eigenvalue weighted by Gasteiger charge is 2.14. The lowest BCUT2D eigenvalue weighted by Crippen LogP contribution is -2.33. The molecule has 1 atom stereocenters. The lowest BCUT2D eigenvalue weighted by atomic mass is 10.2. The number of ether oxygens (including phenoxy) is 1. The second-order valence-corrected chi connectivity index (χ2v) is 6.08. The van der Waals surface area contributed by atoms with Crippen molar-refractivity contribution in [3.63, 3.8) is 0 Å². The number of aromatic nitrogens is 5. The Kier molecular flexibility index (Phi) is 5.62. The summed E-state index contributed by atoms with van der Waals surface area (Å²) in [5.74, 6) is 0.579. The molecule has 1 aromatic carbocycles. The number of nitrogens with one attached hydrogen (secondary N) is 1. The zero-order valence-corrected chi connectivity index (χ0v) is 14.9. The van der Waals surface area contributed by atoms with Crippen LogP contribution in [0, 0.1) is 0 Å². The van der Waals surface area contributed by atoms with Gasteiger partial charge < -0.3 is 10.1 Å². The average molecular weight is 354 g/mol. The first-order valence-corrected chi connectivity index (χ1v) is 8.45. The van der Waals surface area contributed by atoms with Crippen LogP contribution in [0.3, 0.4) is 0 Å². The van der Waals surface area contributed by atoms with Crippen molar-refractivity contribution >= 4 is 5.91 Å². The molecule has 0 bridgehead atoms. The van der Waals surface area contributed by atoms with Crippen molar-refractivity contribution in [1.82, 2.24) is 30.1 Å². The number of carbonyl (C=O) groups excluding carboxylic acids is 1. The minimum atomic E-state index is -0.223. The van der Waals surface area contributed by atoms with E-state index in [4.69, 9.17) is 4.74 Å². The topological polar surface area (TPSA) is 86.9 Å². The number of hydrogen-bond acceptors (Lipinski definition) is 5. The van der Waals surface area contributed by atoms with Gasteiger partial charge >= 0.3 is 0 Å². The third kappa shape index (κ3) is 4.69. The van der Waals surface area contributed by atoms with Crippen LogP contribution in [0.2, 0.25) is 0 Å². The molecule has 0 saturated heterocycles. The molecule has 1 N–H and O–H groups in total. The monoisotopic (exact) mass is 354 g/mol. The molecule has 3 aromatic rings. The Labute approximate surface area is 151 Å². The van der Waals surface area contributed by atoms with E-state index in [-0.39, 0.29) is 11.9 Å². The number of rotatable bonds is 8. The van der Waals surface area contributed by atoms with Gasteiger partial charge in [0.25, 0.3) is 5.91 Å². The first-order chi connectivity index (χ1) is 12.6. The first-order valence-electron chi connectivity index (χ1n) is 8.45. The SMILES string of the molecule is COc1ccc(Cn2cc(C(=O)N[C@@H](C)CCn3cccn3)nn2)cc1. The summed E-state index contributed by atoms with van der Waals surface area (Å²) in [6.45, 7) is 3.25. The van der Waals surface area contributed by atoms with Crippen LogP contribution in [-0.4, -0.2) is 43.8 Å². The highest BCUT2D eigenvalue weighted by Crippen LogP contribution is 2.12. The number of methoxy groups -OCH3 is 1. The van der Waals surface area contributed by atoms with E-state index in [2.05, 4.69) is 20.7 Å². The molecule has 0 fully saturated rings. The summed E-state index contributed by atoms with van der Waals surface area (Å²) >= 11 is 0. The quantitative estimate of drug-likeness (QED) is 0.666. The number of aryl methyl sites for hydroxylation is 1. The summed E-state index contributed by atoms with van der Waals surface area (Å²) in [5.41, 5.74) is 1.36. The van der Waals surface area contributed by atoms with E-state index in [1.54, 1.807) is 24.2 Å². The van der Waals surface area contributed by atoms with Gasteiger partial charge in [0.1, 0.15) is 5.75 Å². The van der Waals surface area contributed by atoms with Crippen LogP contribution in [0.1, 0.15) is 29.4 Å². The molecule has 8 nitrogen and oxygen atoms in total. The van der Waals surface area contributed by atoms with E-state index in [1.807, 2.05) is 48.1 Å². The van der Waals surface area contributed by atoms with Gasteiger partial charge in [-0.1, -0.05) is 17.3 Å². The highest BCUT2D eigenvalue weighted by molar-refractivity contribution is 5.92. The number of hydrogen-bond donors (Lipinski definition) is 1. The van der Waals surface area contributed by atoms with Gasteiger partial charge in [0.15, 0.2) is 5.69 Å². The Bertz CT molecular complexity index is 826. The van der Waals surface area contributed by atoms with Crippen molar-refractivity contribution in [2.24, 2.45) is 0 Å². The Morgan fingerprint density at radius 1 is 1.27 bits per heavy atom. The average Bonchev–Trinajstić information content (AvgIpc) is 3.32. The van der Waals surface area contributed by atoms with Crippen molar-refractivity contribution in [1.29, 1.82) is 0 Å². The van der Waals surface area contributed by atoms with Crippen LogP contribution in [-0.2, 0) is 13.1 Å². The van der Waals surface area contributed by atoms with Gasteiger partial charge in [-0.15, -0.1) is 5.10 Å². The standard InChI is InChI=1S/C18H22N6O2/c1-14(8-11-23-10-3-9-19-23)20-18(25)17-13-24(22-21-17)12-15-4-6-16(26-2)7-5-15/h3-7,9-10,13-14H,8,11-12H2,1-2H3,(H,20,25)/t14-/m0/s1. The Morgan fingerprint density at radius 2 is 2.08 bits per heavy atom. The summed E-state index contributed by atoms with van der Waals surface area (Å²) in [4.78, 5) is 12.3. The number of nitrogens with zero attached hydrogens (tertiary/aromatic N) is 5. The second-order valence-electron chi connectivity index (χ2n) is 6.08. The normalized spacial score (nSPS) is 11.9. The molecule has 0 aliphatic carbocycles. The van der Waals surface area contributed by atoms with Gasteiger partial charge in [0.2, 0.25) is 0 Å². The van der Waals surface area contributed by atoms with Crippen LogP contribution in [0.5, 0.6) is 5.75 Å². The summed E-state index contributed by atoms with van der Waals surface area (Å²) in [6, 6.07) is 9.58. The lowest BCUT2D eigenvalue weighted by Gasteiger charge is -2.12. The summed E-state index contributed by atoms with van der Waals surface area (Å²) < 4.78 is 8.63. The van der Waals surface area contributed by atoms with Crippen LogP contribution >= 0.6 is 0 Å². The summed E-state index contributed by atoms with van der Waals surface area (Å²) in [6.07, 6.45) is 6.08. The maximum absolute atomic E-state index is 12.3. The molecule has 1 amide bonds. The Hall–Kier alpha value is -3.16. The molecule has 2 heterocycles. The second kappa shape index (κ2) is 8.28. The molecular weight excluding hydrogens is 332 g/mol. The Balaban J connectivity index is 1.51. The number of carbonyl (C=O) groups is 1. The van der Waals surface area contributed by atoms with E-state index in [0.29, 0.717) is 12.2 Å². The predicted molar refractivity (Wildman–Crippen MR) is 95.9 cm³/mol. The first kappa shape index (κ1) is 17.7. The summed E-state index contributed by atoms with van der Waals surface area (Å²) in [5, 5.41) is 15.1. The predicted octanol–water partition coefficient (Wildman–Crippen LogP) is 1.74. The fourth-order valence-corrected chi connectivity index (χ4v) is 2.53. The van der Waals surface area contributed by atoms with E-state index < -0.39 is 0 Å². The molecule has 0 aliphatic rings. The van der Waals surface area contributed by atoms with Gasteiger partial charge in [-0.25, -0.2) is 4.68 Å². The molecule has 0 saturated carbocycles. The van der Waals surface area contributed by atoms with Gasteiger partial charge in [-0.2, -0.15) is 5.10 Å². The minimum Gasteiger partial charge on any atom is -0.497 e. The minimum absolute atomic E-state index is 0.0124. The maximum atomic E-state index is 12.3. The Morgan fingerprint density at radius 3 is 2.77 bits per heavy atom. The lowest BCUT2D eigenvalue weighted by molar-refractivity contribution is 0.0932. The third-order valence-electron chi connectivity index (χ3n) is 4.00. The van der Waals surface area contributed by atoms with Gasteiger partial charge in [-0.3, -0.25) is 9.48 Å². The van der Waals surface area contributed by atoms with Crippen LogP contribution in [0.4, 0.5) is 0 Å². The number of benzene rings is 1. The zero-order chi connectivity index (χ0) is 18.4. The molecular formula is C18H22N6O2. The summed E-state index contributed by atoms with van der Waals surface area (Å²) in [7, 11) is 1.63. The molecule has 26 heavy (non-hydrogen) atoms. The molecule has 136 valence electrons. The van der Waals surface area contributed by atoms with Crippen molar-refractivity contribution in [3.8, 4) is 5.75 Å². The molecule has 8 heteroatoms. The van der Waals surface area contributed by atoms with Crippen molar-refractivity contribution in [2.45, 2.75) is 32.5 Å². The zero-order valence-electron chi connectivity index (χ0n) is 14.9. The maximum Gasteiger partial charge on any atom is 0.273 e. The molecule has 0 spiro atoms. The molecule has 0 radical (unpaired) electrons. The van der Waals surface area contributed by atoms with Crippen molar-refractivity contribution in [2.75, 3.05) is 7.11 Å². The number of amides is 1. The van der Waals surface area contributed by atoms with Crippen LogP contribution in [0.15, 0.2) is 48.9 Å². The van der Waals surface area contributed by atoms with Crippen molar-refractivity contribution in [3.05, 3.63) is 60.2 Å². The molecule has 2 aromatic heterocycles. The fourth-order valence-electron chi connectivity index (χ4n) is 2.53. The fraction of sp³-hybridized carbons (Fsp3) is 0.333. The van der Waals surface area contributed by atoms with Crippen LogP contribution in [0.25, 0.3) is 0 Å². The van der Waals surface area contributed by atoms with Crippen LogP contribution < -0.4 is 10.1 Å². The molecule has 3 rings (SSSR count). The third-order valence-corrected chi connectivity index (χ3v) is 4.00. The highest BCUT2D eigenvalue weighted by atomic mass is 16.5. The van der Waals surface area contributed by atoms with Gasteiger partial charge in [0, 0.05) is 25.0 Å². The largest absolute Gasteiger partial charge is 0.497 e. The molecule has 0 aliphatic heterocycles. The van der Waals surface area contributed by atoms with E-state index in [1.165, 1.54) is 0 Å². The van der Waals surface area contributed by atoms with Crippen molar-refractivity contribution < 1.29 is 9.53 Å². The van der Waals surface area contributed by atoms with E-state index in [0.717, 1.165) is 24.3 Å². The molecule has 0 unspecified atom stereocenters. The van der Waals surface area contributed by atoms with Gasteiger partial charge in [-0.05, 0) is 37.1 Å². The van der Waals surface area contributed by atoms with E-state index >= 15 is 0 Å². The van der Waals surface area contributed by atoms with E-state index in [9.17, 15) is 4.79 Å².